The summed E-state index contributed by atoms with van der Waals surface area (Å²) in [5, 5.41) is 6.44. The van der Waals surface area contributed by atoms with Gasteiger partial charge in [0.1, 0.15) is 0 Å². The van der Waals surface area contributed by atoms with Crippen molar-refractivity contribution in [3.8, 4) is 0 Å². The molecule has 2 N–H and O–H groups in total. The first-order valence-corrected chi connectivity index (χ1v) is 11.5. The van der Waals surface area contributed by atoms with Gasteiger partial charge in [-0.15, -0.1) is 0 Å². The van der Waals surface area contributed by atoms with Crippen LogP contribution in [0.15, 0.2) is 18.2 Å². The lowest BCUT2D eigenvalue weighted by atomic mass is 9.95. The molecule has 3 rings (SSSR count). The lowest BCUT2D eigenvalue weighted by Crippen LogP contribution is -2.38. The summed E-state index contributed by atoms with van der Waals surface area (Å²) >= 11 is 5.19. The number of benzene rings is 1. The van der Waals surface area contributed by atoms with E-state index in [4.69, 9.17) is 12.2 Å². The SMILES string of the molecule is C.CN(C)C1CCCCC1.Cc1cc(NC(=S)NC2CCCCC2)cc(C(F)(F)F)c1. The summed E-state index contributed by atoms with van der Waals surface area (Å²) in [4.78, 5) is 2.36. The Hall–Kier alpha value is -1.34. The first-order chi connectivity index (χ1) is 14.1. The number of rotatable bonds is 3. The summed E-state index contributed by atoms with van der Waals surface area (Å²) < 4.78 is 38.3. The van der Waals surface area contributed by atoms with Crippen LogP contribution in [0.5, 0.6) is 0 Å². The van der Waals surface area contributed by atoms with Gasteiger partial charge < -0.3 is 15.5 Å². The van der Waals surface area contributed by atoms with Crippen LogP contribution in [0, 0.1) is 6.92 Å². The number of nitrogens with one attached hydrogen (secondary N) is 2. The first kappa shape index (κ1) is 27.7. The largest absolute Gasteiger partial charge is 0.416 e. The quantitative estimate of drug-likeness (QED) is 0.469. The number of hydrogen-bond acceptors (Lipinski definition) is 2. The molecule has 1 aromatic carbocycles. The van der Waals surface area contributed by atoms with Crippen molar-refractivity contribution in [3.05, 3.63) is 29.3 Å². The molecule has 31 heavy (non-hydrogen) atoms. The predicted octanol–water partition coefficient (Wildman–Crippen LogP) is 7.15. The Bertz CT molecular complexity index is 665. The molecule has 7 heteroatoms. The van der Waals surface area contributed by atoms with Crippen LogP contribution < -0.4 is 10.6 Å². The molecule has 0 atom stereocenters. The van der Waals surface area contributed by atoms with Crippen LogP contribution in [0.4, 0.5) is 18.9 Å². The normalized spacial score (nSPS) is 17.9. The van der Waals surface area contributed by atoms with Crippen molar-refractivity contribution in [2.75, 3.05) is 19.4 Å². The van der Waals surface area contributed by atoms with Gasteiger partial charge in [-0.1, -0.05) is 46.0 Å². The highest BCUT2D eigenvalue weighted by atomic mass is 32.1. The number of thiocarbonyl (C=S) groups is 1. The molecule has 0 saturated heterocycles. The zero-order valence-electron chi connectivity index (χ0n) is 18.4. The maximum absolute atomic E-state index is 12.8. The van der Waals surface area contributed by atoms with Gasteiger partial charge in [-0.3, -0.25) is 0 Å². The van der Waals surface area contributed by atoms with Gasteiger partial charge in [-0.2, -0.15) is 13.2 Å². The van der Waals surface area contributed by atoms with Crippen molar-refractivity contribution >= 4 is 23.0 Å². The molecule has 3 nitrogen and oxygen atoms in total. The standard InChI is InChI=1S/C15H19F3N2S.C8H17N.CH4/c1-10-7-11(15(16,17)18)9-13(8-10)20-14(21)19-12-5-3-2-4-6-12;1-9(2)8-6-4-3-5-7-8;/h7-9,12H,2-6H2,1H3,(H2,19,20,21);8H,3-7H2,1-2H3;1H4. The van der Waals surface area contributed by atoms with Crippen LogP contribution in [0.25, 0.3) is 0 Å². The van der Waals surface area contributed by atoms with Crippen LogP contribution in [0.3, 0.4) is 0 Å². The van der Waals surface area contributed by atoms with Crippen LogP contribution in [0.2, 0.25) is 0 Å². The number of nitrogens with zero attached hydrogens (tertiary/aromatic N) is 1. The van der Waals surface area contributed by atoms with Gasteiger partial charge in [0, 0.05) is 17.8 Å². The Labute approximate surface area is 192 Å². The van der Waals surface area contributed by atoms with Crippen molar-refractivity contribution < 1.29 is 13.2 Å². The van der Waals surface area contributed by atoms with Gasteiger partial charge >= 0.3 is 6.18 Å². The molecule has 0 unspecified atom stereocenters. The molecule has 0 radical (unpaired) electrons. The second-order valence-electron chi connectivity index (χ2n) is 8.77. The monoisotopic (exact) mass is 459 g/mol. The highest BCUT2D eigenvalue weighted by Crippen LogP contribution is 2.32. The molecule has 178 valence electrons. The number of anilines is 1. The van der Waals surface area contributed by atoms with E-state index in [0.29, 0.717) is 22.4 Å². The first-order valence-electron chi connectivity index (χ1n) is 11.1. The second-order valence-corrected chi connectivity index (χ2v) is 9.18. The minimum absolute atomic E-state index is 0. The molecule has 0 amide bonds. The molecule has 0 bridgehead atoms. The van der Waals surface area contributed by atoms with E-state index in [-0.39, 0.29) is 7.43 Å². The fourth-order valence-electron chi connectivity index (χ4n) is 4.22. The number of hydrogen-bond donors (Lipinski definition) is 2. The highest BCUT2D eigenvalue weighted by Gasteiger charge is 2.31. The topological polar surface area (TPSA) is 27.3 Å². The van der Waals surface area contributed by atoms with Crippen LogP contribution in [0.1, 0.15) is 82.8 Å². The van der Waals surface area contributed by atoms with E-state index in [1.165, 1.54) is 51.4 Å². The summed E-state index contributed by atoms with van der Waals surface area (Å²) in [6, 6.07) is 5.08. The summed E-state index contributed by atoms with van der Waals surface area (Å²) in [7, 11) is 4.38. The minimum Gasteiger partial charge on any atom is -0.360 e. The highest BCUT2D eigenvalue weighted by molar-refractivity contribution is 7.80. The summed E-state index contributed by atoms with van der Waals surface area (Å²) in [5.41, 5.74) is 0.258. The van der Waals surface area contributed by atoms with Crippen molar-refractivity contribution in [1.29, 1.82) is 0 Å². The Kier molecular flexibility index (Phi) is 11.8. The summed E-state index contributed by atoms with van der Waals surface area (Å²) in [5.74, 6) is 0. The molecule has 1 aromatic rings. The average molecular weight is 460 g/mol. The van der Waals surface area contributed by atoms with Crippen LogP contribution >= 0.6 is 12.2 Å². The van der Waals surface area contributed by atoms with Gasteiger partial charge in [0.15, 0.2) is 5.11 Å². The van der Waals surface area contributed by atoms with Crippen LogP contribution in [-0.4, -0.2) is 36.2 Å². The fourth-order valence-corrected chi connectivity index (χ4v) is 4.50. The fraction of sp³-hybridized carbons (Fsp3) is 0.708. The smallest absolute Gasteiger partial charge is 0.360 e. The van der Waals surface area contributed by atoms with Crippen molar-refractivity contribution in [3.63, 3.8) is 0 Å². The molecule has 0 aliphatic heterocycles. The van der Waals surface area contributed by atoms with E-state index >= 15 is 0 Å². The third kappa shape index (κ3) is 10.2. The maximum atomic E-state index is 12.8. The lowest BCUT2D eigenvalue weighted by molar-refractivity contribution is -0.137. The zero-order chi connectivity index (χ0) is 22.1. The maximum Gasteiger partial charge on any atom is 0.416 e. The molecule has 2 aliphatic carbocycles. The Balaban J connectivity index is 0.000000404. The Morgan fingerprint density at radius 3 is 1.97 bits per heavy atom. The summed E-state index contributed by atoms with van der Waals surface area (Å²) in [6.45, 7) is 1.64. The zero-order valence-corrected chi connectivity index (χ0v) is 19.3. The molecular weight excluding hydrogens is 419 g/mol. The van der Waals surface area contributed by atoms with Gasteiger partial charge in [0.25, 0.3) is 0 Å². The second kappa shape index (κ2) is 13.3. The Morgan fingerprint density at radius 2 is 1.48 bits per heavy atom. The van der Waals surface area contributed by atoms with Gasteiger partial charge in [0.05, 0.1) is 5.56 Å². The van der Waals surface area contributed by atoms with Crippen LogP contribution in [-0.2, 0) is 6.18 Å². The van der Waals surface area contributed by atoms with Crippen molar-refractivity contribution in [2.24, 2.45) is 0 Å². The van der Waals surface area contributed by atoms with E-state index in [1.54, 1.807) is 13.0 Å². The van der Waals surface area contributed by atoms with Gasteiger partial charge in [0.2, 0.25) is 0 Å². The lowest BCUT2D eigenvalue weighted by Gasteiger charge is -2.27. The molecule has 2 saturated carbocycles. The molecular formula is C24H40F3N3S. The molecule has 2 fully saturated rings. The van der Waals surface area contributed by atoms with Crippen molar-refractivity contribution in [1.82, 2.24) is 10.2 Å². The predicted molar refractivity (Wildman–Crippen MR) is 130 cm³/mol. The third-order valence-corrected chi connectivity index (χ3v) is 6.13. The minimum atomic E-state index is -4.35. The van der Waals surface area contributed by atoms with Gasteiger partial charge in [-0.05, 0) is 82.7 Å². The average Bonchev–Trinajstić information content (AvgIpc) is 2.68. The third-order valence-electron chi connectivity index (χ3n) is 5.91. The van der Waals surface area contributed by atoms with E-state index in [1.807, 2.05) is 0 Å². The molecule has 0 spiro atoms. The van der Waals surface area contributed by atoms with Gasteiger partial charge in [-0.25, -0.2) is 0 Å². The summed E-state index contributed by atoms with van der Waals surface area (Å²) in [6.07, 6.45) is 8.56. The molecule has 0 heterocycles. The molecule has 0 aromatic heterocycles. The van der Waals surface area contributed by atoms with Crippen molar-refractivity contribution in [2.45, 2.75) is 96.8 Å². The molecule has 2 aliphatic rings. The number of halogens is 3. The van der Waals surface area contributed by atoms with E-state index in [0.717, 1.165) is 31.0 Å². The number of aryl methyl sites for hydroxylation is 1. The Morgan fingerprint density at radius 1 is 0.935 bits per heavy atom. The number of alkyl halides is 3. The van der Waals surface area contributed by atoms with E-state index in [2.05, 4.69) is 29.6 Å². The van der Waals surface area contributed by atoms with E-state index in [9.17, 15) is 13.2 Å². The van der Waals surface area contributed by atoms with E-state index < -0.39 is 11.7 Å².